The van der Waals surface area contributed by atoms with Gasteiger partial charge in [-0.3, -0.25) is 0 Å². The van der Waals surface area contributed by atoms with Gasteiger partial charge in [-0.15, -0.1) is 0 Å². The Morgan fingerprint density at radius 2 is 1.41 bits per heavy atom. The predicted octanol–water partition coefficient (Wildman–Crippen LogP) is 2.19. The highest BCUT2D eigenvalue weighted by atomic mass is 35.5. The molecule has 0 spiro atoms. The Hall–Kier alpha value is -0.820. The van der Waals surface area contributed by atoms with E-state index in [1.165, 1.54) is 0 Å². The third-order valence-electron chi connectivity index (χ3n) is 4.40. The molecule has 0 radical (unpaired) electrons. The first kappa shape index (κ1) is 16.1. The number of benzene rings is 1. The third-order valence-corrected chi connectivity index (χ3v) is 6.75. The smallest absolute Gasteiger partial charge is 0.282 e. The molecule has 22 heavy (non-hydrogen) atoms. The Kier molecular flexibility index (Phi) is 4.92. The van der Waals surface area contributed by atoms with Crippen LogP contribution in [0.1, 0.15) is 19.3 Å². The van der Waals surface area contributed by atoms with Crippen LogP contribution >= 0.6 is 11.6 Å². The molecule has 5 nitrogen and oxygen atoms in total. The van der Waals surface area contributed by atoms with Gasteiger partial charge in [-0.25, -0.2) is 0 Å². The highest BCUT2D eigenvalue weighted by molar-refractivity contribution is 7.86. The fraction of sp³-hybridized carbons (Fsp3) is 0.600. The number of piperidine rings is 1. The molecule has 0 amide bonds. The molecule has 2 aliphatic rings. The summed E-state index contributed by atoms with van der Waals surface area (Å²) in [5.41, 5.74) is 0.985. The molecule has 122 valence electrons. The van der Waals surface area contributed by atoms with E-state index < -0.39 is 10.2 Å². The van der Waals surface area contributed by atoms with Gasteiger partial charge in [0.25, 0.3) is 10.2 Å². The molecule has 0 aromatic heterocycles. The van der Waals surface area contributed by atoms with Crippen molar-refractivity contribution in [3.8, 4) is 0 Å². The van der Waals surface area contributed by atoms with Gasteiger partial charge in [0.05, 0.1) is 10.7 Å². The molecule has 0 atom stereocenters. The molecule has 2 saturated heterocycles. The molecule has 0 unspecified atom stereocenters. The van der Waals surface area contributed by atoms with Crippen LogP contribution in [-0.2, 0) is 10.2 Å². The van der Waals surface area contributed by atoms with Gasteiger partial charge >= 0.3 is 0 Å². The zero-order chi connectivity index (χ0) is 15.6. The van der Waals surface area contributed by atoms with E-state index in [-0.39, 0.29) is 0 Å². The quantitative estimate of drug-likeness (QED) is 0.845. The molecule has 0 saturated carbocycles. The largest absolute Gasteiger partial charge is 0.368 e. The van der Waals surface area contributed by atoms with Crippen LogP contribution < -0.4 is 4.90 Å². The average Bonchev–Trinajstić information content (AvgIpc) is 2.56. The molecule has 1 aromatic carbocycles. The Morgan fingerprint density at radius 3 is 2.05 bits per heavy atom. The van der Waals surface area contributed by atoms with Gasteiger partial charge < -0.3 is 4.90 Å². The van der Waals surface area contributed by atoms with E-state index in [4.69, 9.17) is 11.6 Å². The summed E-state index contributed by atoms with van der Waals surface area (Å²) in [7, 11) is -3.29. The first-order chi connectivity index (χ1) is 10.6. The Balaban J connectivity index is 1.65. The molecular formula is C15H22ClN3O2S. The number of rotatable bonds is 3. The van der Waals surface area contributed by atoms with Gasteiger partial charge in [-0.1, -0.05) is 30.2 Å². The number of para-hydroxylation sites is 1. The molecule has 3 rings (SSSR count). The molecule has 2 aliphatic heterocycles. The molecule has 0 N–H and O–H groups in total. The Bertz CT molecular complexity index is 609. The van der Waals surface area contributed by atoms with Crippen LogP contribution in [0.25, 0.3) is 0 Å². The van der Waals surface area contributed by atoms with Crippen molar-refractivity contribution in [3.05, 3.63) is 29.3 Å². The lowest BCUT2D eigenvalue weighted by Gasteiger charge is -2.38. The standard InChI is InChI=1S/C15H22ClN3O2S/c16-14-6-2-3-7-15(14)17-10-12-19(13-11-17)22(20,21)18-8-4-1-5-9-18/h2-3,6-7H,1,4-5,8-13H2. The lowest BCUT2D eigenvalue weighted by Crippen LogP contribution is -2.54. The summed E-state index contributed by atoms with van der Waals surface area (Å²) in [5.74, 6) is 0. The van der Waals surface area contributed by atoms with Crippen LogP contribution in [0.5, 0.6) is 0 Å². The molecule has 7 heteroatoms. The van der Waals surface area contributed by atoms with Crippen molar-refractivity contribution in [2.24, 2.45) is 0 Å². The summed E-state index contributed by atoms with van der Waals surface area (Å²) in [6.07, 6.45) is 3.07. The van der Waals surface area contributed by atoms with Crippen molar-refractivity contribution in [2.45, 2.75) is 19.3 Å². The van der Waals surface area contributed by atoms with Crippen LogP contribution in [0.15, 0.2) is 24.3 Å². The topological polar surface area (TPSA) is 43.9 Å². The average molecular weight is 344 g/mol. The normalized spacial score (nSPS) is 22.0. The number of anilines is 1. The van der Waals surface area contributed by atoms with Gasteiger partial charge in [0.1, 0.15) is 0 Å². The summed E-state index contributed by atoms with van der Waals surface area (Å²) in [6.45, 7) is 3.71. The van der Waals surface area contributed by atoms with E-state index in [0.29, 0.717) is 39.3 Å². The molecule has 2 fully saturated rings. The second-order valence-electron chi connectivity index (χ2n) is 5.80. The SMILES string of the molecule is O=S(=O)(N1CCCCC1)N1CCN(c2ccccc2Cl)CC1. The van der Waals surface area contributed by atoms with Gasteiger partial charge in [0.15, 0.2) is 0 Å². The first-order valence-electron chi connectivity index (χ1n) is 7.84. The Morgan fingerprint density at radius 1 is 0.818 bits per heavy atom. The van der Waals surface area contributed by atoms with Crippen LogP contribution in [0.2, 0.25) is 5.02 Å². The second kappa shape index (κ2) is 6.74. The fourth-order valence-corrected chi connectivity index (χ4v) is 5.05. The second-order valence-corrected chi connectivity index (χ2v) is 8.14. The maximum atomic E-state index is 12.7. The lowest BCUT2D eigenvalue weighted by molar-refractivity contribution is 0.295. The maximum Gasteiger partial charge on any atom is 0.282 e. The zero-order valence-electron chi connectivity index (χ0n) is 12.6. The number of halogens is 1. The van der Waals surface area contributed by atoms with E-state index in [2.05, 4.69) is 4.90 Å². The summed E-state index contributed by atoms with van der Waals surface area (Å²) < 4.78 is 28.6. The van der Waals surface area contributed by atoms with Crippen LogP contribution in [-0.4, -0.2) is 56.3 Å². The van der Waals surface area contributed by atoms with E-state index in [9.17, 15) is 8.42 Å². The van der Waals surface area contributed by atoms with Crippen molar-refractivity contribution in [3.63, 3.8) is 0 Å². The maximum absolute atomic E-state index is 12.7. The summed E-state index contributed by atoms with van der Waals surface area (Å²) in [6, 6.07) is 7.71. The molecule has 0 aliphatic carbocycles. The van der Waals surface area contributed by atoms with Gasteiger partial charge in [-0.05, 0) is 25.0 Å². The molecular weight excluding hydrogens is 322 g/mol. The predicted molar refractivity (Wildman–Crippen MR) is 89.6 cm³/mol. The minimum Gasteiger partial charge on any atom is -0.368 e. The van der Waals surface area contributed by atoms with Gasteiger partial charge in [0.2, 0.25) is 0 Å². The third kappa shape index (κ3) is 3.25. The van der Waals surface area contributed by atoms with Gasteiger partial charge in [-0.2, -0.15) is 17.0 Å². The van der Waals surface area contributed by atoms with E-state index in [0.717, 1.165) is 30.0 Å². The Labute approximate surface area is 137 Å². The van der Waals surface area contributed by atoms with E-state index in [1.807, 2.05) is 24.3 Å². The van der Waals surface area contributed by atoms with Crippen LogP contribution in [0.4, 0.5) is 5.69 Å². The summed E-state index contributed by atoms with van der Waals surface area (Å²) in [4.78, 5) is 2.16. The molecule has 2 heterocycles. The monoisotopic (exact) mass is 343 g/mol. The zero-order valence-corrected chi connectivity index (χ0v) is 14.2. The van der Waals surface area contributed by atoms with Crippen molar-refractivity contribution in [2.75, 3.05) is 44.2 Å². The van der Waals surface area contributed by atoms with Crippen molar-refractivity contribution in [1.29, 1.82) is 0 Å². The minimum absolute atomic E-state index is 0.518. The lowest BCUT2D eigenvalue weighted by atomic mass is 10.2. The number of nitrogens with zero attached hydrogens (tertiary/aromatic N) is 3. The van der Waals surface area contributed by atoms with Crippen LogP contribution in [0, 0.1) is 0 Å². The highest BCUT2D eigenvalue weighted by Crippen LogP contribution is 2.27. The van der Waals surface area contributed by atoms with E-state index >= 15 is 0 Å². The number of piperazine rings is 1. The highest BCUT2D eigenvalue weighted by Gasteiger charge is 2.33. The van der Waals surface area contributed by atoms with Crippen LogP contribution in [0.3, 0.4) is 0 Å². The summed E-state index contributed by atoms with van der Waals surface area (Å²) in [5, 5.41) is 0.717. The number of hydrogen-bond acceptors (Lipinski definition) is 3. The van der Waals surface area contributed by atoms with Crippen molar-refractivity contribution >= 4 is 27.5 Å². The molecule has 0 bridgehead atoms. The summed E-state index contributed by atoms with van der Waals surface area (Å²) >= 11 is 6.22. The van der Waals surface area contributed by atoms with E-state index in [1.54, 1.807) is 8.61 Å². The minimum atomic E-state index is -3.29. The first-order valence-corrected chi connectivity index (χ1v) is 9.61. The fourth-order valence-electron chi connectivity index (χ4n) is 3.13. The number of hydrogen-bond donors (Lipinski definition) is 0. The van der Waals surface area contributed by atoms with Crippen molar-refractivity contribution < 1.29 is 8.42 Å². The molecule has 1 aromatic rings. The van der Waals surface area contributed by atoms with Gasteiger partial charge in [0, 0.05) is 39.3 Å². The van der Waals surface area contributed by atoms with Crippen molar-refractivity contribution in [1.82, 2.24) is 8.61 Å².